The molecule has 0 radical (unpaired) electrons. The highest BCUT2D eigenvalue weighted by Crippen LogP contribution is 2.24. The van der Waals surface area contributed by atoms with Gasteiger partial charge in [0.15, 0.2) is 6.29 Å². The van der Waals surface area contributed by atoms with Crippen molar-refractivity contribution in [3.05, 3.63) is 15.6 Å². The Labute approximate surface area is 114 Å². The molecule has 1 N–H and O–H groups in total. The van der Waals surface area contributed by atoms with E-state index in [1.807, 2.05) is 20.8 Å². The summed E-state index contributed by atoms with van der Waals surface area (Å²) in [5.74, 6) is 0. The summed E-state index contributed by atoms with van der Waals surface area (Å²) >= 11 is 1.75. The minimum atomic E-state index is -0.170. The normalized spacial score (nSPS) is 13.2. The molecule has 0 saturated carbocycles. The first-order valence-corrected chi connectivity index (χ1v) is 7.30. The van der Waals surface area contributed by atoms with Crippen LogP contribution < -0.4 is 5.32 Å². The summed E-state index contributed by atoms with van der Waals surface area (Å²) in [5, 5.41) is 4.56. The number of nitrogens with one attached hydrogen (secondary N) is 1. The van der Waals surface area contributed by atoms with E-state index in [9.17, 15) is 0 Å². The molecule has 1 unspecified atom stereocenters. The molecular weight excluding hydrogens is 248 g/mol. The predicted octanol–water partition coefficient (Wildman–Crippen LogP) is 2.81. The number of rotatable bonds is 8. The Morgan fingerprint density at radius 3 is 2.28 bits per heavy atom. The van der Waals surface area contributed by atoms with Crippen LogP contribution in [0, 0.1) is 13.8 Å². The molecule has 4 nitrogen and oxygen atoms in total. The number of nitrogens with zero attached hydrogens (tertiary/aromatic N) is 1. The molecule has 0 aliphatic carbocycles. The van der Waals surface area contributed by atoms with E-state index in [1.165, 1.54) is 4.88 Å². The lowest BCUT2D eigenvalue weighted by Crippen LogP contribution is -2.33. The Kier molecular flexibility index (Phi) is 6.78. The maximum atomic E-state index is 5.51. The smallest absolute Gasteiger partial charge is 0.169 e. The zero-order chi connectivity index (χ0) is 13.5. The van der Waals surface area contributed by atoms with Crippen molar-refractivity contribution in [3.63, 3.8) is 0 Å². The molecule has 18 heavy (non-hydrogen) atoms. The van der Waals surface area contributed by atoms with Crippen LogP contribution in [0.5, 0.6) is 0 Å². The Balaban J connectivity index is 2.48. The summed E-state index contributed by atoms with van der Waals surface area (Å²) in [4.78, 5) is 5.74. The molecule has 5 heteroatoms. The predicted molar refractivity (Wildman–Crippen MR) is 75.0 cm³/mol. The van der Waals surface area contributed by atoms with Gasteiger partial charge in [-0.25, -0.2) is 4.98 Å². The van der Waals surface area contributed by atoms with E-state index < -0.39 is 0 Å². The second-order valence-electron chi connectivity index (χ2n) is 4.15. The summed E-state index contributed by atoms with van der Waals surface area (Å²) in [6, 6.07) is 0.277. The van der Waals surface area contributed by atoms with Gasteiger partial charge < -0.3 is 14.8 Å². The highest BCUT2D eigenvalue weighted by Gasteiger charge is 2.15. The van der Waals surface area contributed by atoms with Gasteiger partial charge in [-0.05, 0) is 34.6 Å². The second kappa shape index (κ2) is 7.84. The molecule has 0 aliphatic rings. The van der Waals surface area contributed by atoms with E-state index in [0.717, 1.165) is 10.7 Å². The fourth-order valence-corrected chi connectivity index (χ4v) is 2.81. The van der Waals surface area contributed by atoms with Crippen molar-refractivity contribution >= 4 is 11.3 Å². The van der Waals surface area contributed by atoms with Crippen LogP contribution in [0.1, 0.15) is 42.4 Å². The van der Waals surface area contributed by atoms with Gasteiger partial charge in [0.1, 0.15) is 0 Å². The SMILES string of the molecule is CCOC(CNC(C)c1sc(C)nc1C)OCC. The number of ether oxygens (including phenoxy) is 2. The molecule has 0 amide bonds. The maximum Gasteiger partial charge on any atom is 0.169 e. The molecule has 0 spiro atoms. The lowest BCUT2D eigenvalue weighted by molar-refractivity contribution is -0.133. The Morgan fingerprint density at radius 2 is 1.83 bits per heavy atom. The first kappa shape index (κ1) is 15.6. The van der Waals surface area contributed by atoms with E-state index in [1.54, 1.807) is 11.3 Å². The van der Waals surface area contributed by atoms with E-state index in [-0.39, 0.29) is 12.3 Å². The summed E-state index contributed by atoms with van der Waals surface area (Å²) in [6.45, 7) is 12.2. The third-order valence-corrected chi connectivity index (χ3v) is 3.88. The van der Waals surface area contributed by atoms with Crippen molar-refractivity contribution < 1.29 is 9.47 Å². The molecule has 0 bridgehead atoms. The number of hydrogen-bond acceptors (Lipinski definition) is 5. The van der Waals surface area contributed by atoms with Crippen LogP contribution in [0.3, 0.4) is 0 Å². The third-order valence-electron chi connectivity index (χ3n) is 2.63. The zero-order valence-electron chi connectivity index (χ0n) is 11.9. The van der Waals surface area contributed by atoms with Crippen LogP contribution >= 0.6 is 11.3 Å². The van der Waals surface area contributed by atoms with Crippen LogP contribution in [0.15, 0.2) is 0 Å². The highest BCUT2D eigenvalue weighted by molar-refractivity contribution is 7.11. The number of thiazole rings is 1. The van der Waals surface area contributed by atoms with Gasteiger partial charge in [0, 0.05) is 30.7 Å². The summed E-state index contributed by atoms with van der Waals surface area (Å²) < 4.78 is 11.0. The standard InChI is InChI=1S/C13H24N2O2S/c1-6-16-12(17-7-2)8-14-9(3)13-10(4)15-11(5)18-13/h9,12,14H,6-8H2,1-5H3. The largest absolute Gasteiger partial charge is 0.352 e. The van der Waals surface area contributed by atoms with Gasteiger partial charge in [-0.3, -0.25) is 0 Å². The fourth-order valence-electron chi connectivity index (χ4n) is 1.85. The van der Waals surface area contributed by atoms with Crippen molar-refractivity contribution in [1.29, 1.82) is 0 Å². The lowest BCUT2D eigenvalue weighted by atomic mass is 10.2. The molecular formula is C13H24N2O2S. The van der Waals surface area contributed by atoms with Gasteiger partial charge in [-0.1, -0.05) is 0 Å². The van der Waals surface area contributed by atoms with Crippen LogP contribution in [0.4, 0.5) is 0 Å². The van der Waals surface area contributed by atoms with Gasteiger partial charge >= 0.3 is 0 Å². The van der Waals surface area contributed by atoms with E-state index in [4.69, 9.17) is 9.47 Å². The molecule has 1 aromatic heterocycles. The van der Waals surface area contributed by atoms with E-state index in [0.29, 0.717) is 19.8 Å². The molecule has 0 aliphatic heterocycles. The average Bonchev–Trinajstić information content (AvgIpc) is 2.65. The van der Waals surface area contributed by atoms with Crippen molar-refractivity contribution in [2.24, 2.45) is 0 Å². The lowest BCUT2D eigenvalue weighted by Gasteiger charge is -2.20. The van der Waals surface area contributed by atoms with Crippen LogP contribution in [-0.2, 0) is 9.47 Å². The molecule has 0 fully saturated rings. The van der Waals surface area contributed by atoms with Crippen LogP contribution in [-0.4, -0.2) is 31.0 Å². The Morgan fingerprint density at radius 1 is 1.22 bits per heavy atom. The van der Waals surface area contributed by atoms with E-state index >= 15 is 0 Å². The first-order valence-electron chi connectivity index (χ1n) is 6.48. The number of aromatic nitrogens is 1. The monoisotopic (exact) mass is 272 g/mol. The topological polar surface area (TPSA) is 43.4 Å². The minimum absolute atomic E-state index is 0.170. The first-order chi connectivity index (χ1) is 8.58. The fraction of sp³-hybridized carbons (Fsp3) is 0.769. The Hall–Kier alpha value is -0.490. The minimum Gasteiger partial charge on any atom is -0.352 e. The van der Waals surface area contributed by atoms with Gasteiger partial charge in [0.25, 0.3) is 0 Å². The van der Waals surface area contributed by atoms with Gasteiger partial charge in [-0.2, -0.15) is 0 Å². The summed E-state index contributed by atoms with van der Waals surface area (Å²) in [5.41, 5.74) is 1.11. The molecule has 1 atom stereocenters. The van der Waals surface area contributed by atoms with Crippen LogP contribution in [0.2, 0.25) is 0 Å². The average molecular weight is 272 g/mol. The molecule has 0 saturated heterocycles. The van der Waals surface area contributed by atoms with Gasteiger partial charge in [-0.15, -0.1) is 11.3 Å². The van der Waals surface area contributed by atoms with Crippen molar-refractivity contribution in [1.82, 2.24) is 10.3 Å². The molecule has 1 aromatic rings. The van der Waals surface area contributed by atoms with E-state index in [2.05, 4.69) is 24.1 Å². The van der Waals surface area contributed by atoms with Crippen LogP contribution in [0.25, 0.3) is 0 Å². The van der Waals surface area contributed by atoms with Gasteiger partial charge in [0.2, 0.25) is 0 Å². The second-order valence-corrected chi connectivity index (χ2v) is 5.39. The molecule has 0 aromatic carbocycles. The van der Waals surface area contributed by atoms with Crippen molar-refractivity contribution in [3.8, 4) is 0 Å². The van der Waals surface area contributed by atoms with Gasteiger partial charge in [0.05, 0.1) is 10.7 Å². The third kappa shape index (κ3) is 4.65. The molecule has 104 valence electrons. The molecule has 1 rings (SSSR count). The Bertz CT molecular complexity index is 349. The van der Waals surface area contributed by atoms with Crippen molar-refractivity contribution in [2.45, 2.75) is 47.0 Å². The molecule has 1 heterocycles. The maximum absolute atomic E-state index is 5.51. The quantitative estimate of drug-likeness (QED) is 0.739. The number of hydrogen-bond donors (Lipinski definition) is 1. The number of aryl methyl sites for hydroxylation is 2. The highest BCUT2D eigenvalue weighted by atomic mass is 32.1. The zero-order valence-corrected chi connectivity index (χ0v) is 12.8. The van der Waals surface area contributed by atoms with Crippen molar-refractivity contribution in [2.75, 3.05) is 19.8 Å². The summed E-state index contributed by atoms with van der Waals surface area (Å²) in [7, 11) is 0. The summed E-state index contributed by atoms with van der Waals surface area (Å²) in [6.07, 6.45) is -0.170.